The molecule has 0 unspecified atom stereocenters. The molecule has 0 spiro atoms. The molecular weight excluding hydrogens is 284 g/mol. The lowest BCUT2D eigenvalue weighted by atomic mass is 10.0. The zero-order valence-corrected chi connectivity index (χ0v) is 13.6. The molecule has 0 saturated heterocycles. The smallest absolute Gasteiger partial charge is 0.117 e. The van der Waals surface area contributed by atoms with Gasteiger partial charge >= 0.3 is 0 Å². The fourth-order valence-electron chi connectivity index (χ4n) is 2.46. The molecule has 1 N–H and O–H groups in total. The summed E-state index contributed by atoms with van der Waals surface area (Å²) in [4.78, 5) is 1.83. The summed E-state index contributed by atoms with van der Waals surface area (Å²) in [5.41, 5.74) is 2.58. The van der Waals surface area contributed by atoms with Crippen LogP contribution in [0.15, 0.2) is 72.4 Å². The molecule has 0 aliphatic carbocycles. The molecule has 3 nitrogen and oxygen atoms in total. The number of allylic oxidation sites excluding steroid dienone is 2. The number of nitrogens with zero attached hydrogens (tertiary/aromatic N) is 2. The quantitative estimate of drug-likeness (QED) is 0.828. The van der Waals surface area contributed by atoms with Crippen LogP contribution in [0.1, 0.15) is 24.2 Å². The molecule has 0 aliphatic heterocycles. The van der Waals surface area contributed by atoms with Gasteiger partial charge in [-0.05, 0) is 30.5 Å². The number of aliphatic hydroxyl groups is 1. The Labute approximate surface area is 138 Å². The molecule has 0 radical (unpaired) electrons. The van der Waals surface area contributed by atoms with Crippen LogP contribution in [-0.2, 0) is 6.42 Å². The minimum Gasteiger partial charge on any atom is -0.386 e. The molecule has 3 heteroatoms. The topological polar surface area (TPSA) is 47.3 Å². The molecule has 0 bridgehead atoms. The van der Waals surface area contributed by atoms with Crippen molar-refractivity contribution in [1.29, 1.82) is 5.26 Å². The molecule has 0 fully saturated rings. The van der Waals surface area contributed by atoms with Crippen molar-refractivity contribution < 1.29 is 5.11 Å². The van der Waals surface area contributed by atoms with Crippen LogP contribution in [0.3, 0.4) is 0 Å². The Hall–Kier alpha value is -2.57. The first-order valence-electron chi connectivity index (χ1n) is 7.73. The van der Waals surface area contributed by atoms with Crippen LogP contribution in [0.5, 0.6) is 0 Å². The predicted octanol–water partition coefficient (Wildman–Crippen LogP) is 3.69. The molecule has 0 amide bonds. The Kier molecular flexibility index (Phi) is 5.96. The molecule has 0 saturated carbocycles. The van der Waals surface area contributed by atoms with Crippen LogP contribution < -0.4 is 0 Å². The van der Waals surface area contributed by atoms with Gasteiger partial charge in [0.05, 0.1) is 12.1 Å². The lowest BCUT2D eigenvalue weighted by Gasteiger charge is -2.30. The van der Waals surface area contributed by atoms with Crippen molar-refractivity contribution in [3.8, 4) is 6.07 Å². The van der Waals surface area contributed by atoms with E-state index in [4.69, 9.17) is 0 Å². The number of rotatable bonds is 6. The normalized spacial score (nSPS) is 13.9. The van der Waals surface area contributed by atoms with Gasteiger partial charge in [-0.1, -0.05) is 60.7 Å². The first-order valence-corrected chi connectivity index (χ1v) is 7.73. The first kappa shape index (κ1) is 16.8. The Balaban J connectivity index is 2.09. The van der Waals surface area contributed by atoms with Gasteiger partial charge in [0.25, 0.3) is 0 Å². The van der Waals surface area contributed by atoms with Crippen molar-refractivity contribution in [3.63, 3.8) is 0 Å². The van der Waals surface area contributed by atoms with Gasteiger partial charge in [0, 0.05) is 7.05 Å². The molecule has 23 heavy (non-hydrogen) atoms. The fourth-order valence-corrected chi connectivity index (χ4v) is 2.46. The zero-order chi connectivity index (χ0) is 16.7. The van der Waals surface area contributed by atoms with Crippen molar-refractivity contribution in [2.24, 2.45) is 0 Å². The Morgan fingerprint density at radius 3 is 2.26 bits per heavy atom. The van der Waals surface area contributed by atoms with Gasteiger partial charge in [-0.2, -0.15) is 5.26 Å². The van der Waals surface area contributed by atoms with Gasteiger partial charge in [-0.15, -0.1) is 0 Å². The minimum atomic E-state index is -0.644. The van der Waals surface area contributed by atoms with Gasteiger partial charge in [0.1, 0.15) is 11.8 Å². The summed E-state index contributed by atoms with van der Waals surface area (Å²) >= 11 is 0. The van der Waals surface area contributed by atoms with E-state index in [9.17, 15) is 10.4 Å². The minimum absolute atomic E-state index is 0.195. The van der Waals surface area contributed by atoms with Crippen molar-refractivity contribution in [2.45, 2.75) is 25.5 Å². The highest BCUT2D eigenvalue weighted by Crippen LogP contribution is 2.22. The Morgan fingerprint density at radius 1 is 1.13 bits per heavy atom. The van der Waals surface area contributed by atoms with Crippen LogP contribution >= 0.6 is 0 Å². The summed E-state index contributed by atoms with van der Waals surface area (Å²) < 4.78 is 0. The summed E-state index contributed by atoms with van der Waals surface area (Å²) in [6, 6.07) is 21.6. The largest absolute Gasteiger partial charge is 0.386 e. The van der Waals surface area contributed by atoms with Crippen LogP contribution in [-0.4, -0.2) is 23.1 Å². The number of likely N-dealkylation sites (N-methyl/N-ethyl adjacent to an activating group) is 1. The van der Waals surface area contributed by atoms with E-state index in [0.717, 1.165) is 11.1 Å². The number of nitriles is 1. The second kappa shape index (κ2) is 8.17. The molecule has 2 rings (SSSR count). The van der Waals surface area contributed by atoms with Gasteiger partial charge in [0.15, 0.2) is 0 Å². The van der Waals surface area contributed by atoms with E-state index in [0.29, 0.717) is 12.1 Å². The molecule has 2 aromatic carbocycles. The molecule has 0 aliphatic rings. The third-order valence-corrected chi connectivity index (χ3v) is 4.08. The van der Waals surface area contributed by atoms with E-state index >= 15 is 0 Å². The first-order chi connectivity index (χ1) is 11.1. The Morgan fingerprint density at radius 2 is 1.70 bits per heavy atom. The van der Waals surface area contributed by atoms with Gasteiger partial charge in [-0.3, -0.25) is 0 Å². The molecule has 0 aromatic heterocycles. The van der Waals surface area contributed by atoms with E-state index in [1.807, 2.05) is 85.6 Å². The van der Waals surface area contributed by atoms with Crippen LogP contribution in [0.4, 0.5) is 0 Å². The highest BCUT2D eigenvalue weighted by Gasteiger charge is 2.21. The van der Waals surface area contributed by atoms with E-state index in [1.54, 1.807) is 0 Å². The van der Waals surface area contributed by atoms with Crippen LogP contribution in [0.25, 0.3) is 0 Å². The fraction of sp³-hybridized carbons (Fsp3) is 0.250. The van der Waals surface area contributed by atoms with E-state index in [2.05, 4.69) is 6.07 Å². The van der Waals surface area contributed by atoms with E-state index in [-0.39, 0.29) is 6.04 Å². The maximum Gasteiger partial charge on any atom is 0.117 e. The lowest BCUT2D eigenvalue weighted by Crippen LogP contribution is -2.33. The number of hydrogen-bond donors (Lipinski definition) is 1. The summed E-state index contributed by atoms with van der Waals surface area (Å²) in [5, 5.41) is 19.9. The number of aliphatic hydroxyl groups excluding tert-OH is 1. The number of benzene rings is 2. The molecule has 2 atom stereocenters. The predicted molar refractivity (Wildman–Crippen MR) is 92.5 cm³/mol. The monoisotopic (exact) mass is 306 g/mol. The highest BCUT2D eigenvalue weighted by molar-refractivity contribution is 5.26. The summed E-state index contributed by atoms with van der Waals surface area (Å²) in [7, 11) is 1.84. The van der Waals surface area contributed by atoms with Crippen LogP contribution in [0.2, 0.25) is 0 Å². The van der Waals surface area contributed by atoms with Crippen molar-refractivity contribution in [2.75, 3.05) is 7.05 Å². The van der Waals surface area contributed by atoms with E-state index < -0.39 is 6.10 Å². The average Bonchev–Trinajstić information content (AvgIpc) is 2.62. The summed E-state index contributed by atoms with van der Waals surface area (Å²) in [6.45, 7) is 1.92. The third-order valence-electron chi connectivity index (χ3n) is 4.08. The average molecular weight is 306 g/mol. The van der Waals surface area contributed by atoms with Crippen molar-refractivity contribution >= 4 is 0 Å². The number of hydrogen-bond acceptors (Lipinski definition) is 3. The van der Waals surface area contributed by atoms with Gasteiger partial charge < -0.3 is 10.0 Å². The van der Waals surface area contributed by atoms with Gasteiger partial charge in [0.2, 0.25) is 0 Å². The maximum atomic E-state index is 10.5. The van der Waals surface area contributed by atoms with Gasteiger partial charge in [-0.25, -0.2) is 0 Å². The maximum absolute atomic E-state index is 10.5. The molecular formula is C20H22N2O. The molecule has 2 aromatic rings. The Bertz CT molecular complexity index is 674. The second-order valence-electron chi connectivity index (χ2n) is 5.60. The lowest BCUT2D eigenvalue weighted by molar-refractivity contribution is 0.0912. The van der Waals surface area contributed by atoms with Crippen LogP contribution in [0, 0.1) is 11.3 Å². The van der Waals surface area contributed by atoms with Crippen molar-refractivity contribution in [3.05, 3.63) is 83.6 Å². The third kappa shape index (κ3) is 4.45. The highest BCUT2D eigenvalue weighted by atomic mass is 16.3. The van der Waals surface area contributed by atoms with Crippen molar-refractivity contribution in [1.82, 2.24) is 4.90 Å². The molecule has 0 heterocycles. The summed E-state index contributed by atoms with van der Waals surface area (Å²) in [5.74, 6) is 0. The van der Waals surface area contributed by atoms with E-state index in [1.165, 1.54) is 0 Å². The second-order valence-corrected chi connectivity index (χ2v) is 5.60. The standard InChI is InChI=1S/C20H22N2O/c1-16(20(23)18-11-7-4-8-12-18)22(2)19(15-21)14-13-17-9-5-3-6-10-17/h3-12,14,16,20,23H,13H2,1-2H3/b19-14-/t16-,20-/m0/s1. The molecule has 118 valence electrons. The summed E-state index contributed by atoms with van der Waals surface area (Å²) in [6.07, 6.45) is 1.96. The SMILES string of the molecule is C[C@@H]([C@H](O)c1ccccc1)N(C)/C(C#N)=C\Cc1ccccc1. The zero-order valence-electron chi connectivity index (χ0n) is 13.6.